The van der Waals surface area contributed by atoms with Crippen LogP contribution in [-0.2, 0) is 10.3 Å². The van der Waals surface area contributed by atoms with E-state index in [1.54, 1.807) is 0 Å². The van der Waals surface area contributed by atoms with Crippen molar-refractivity contribution < 1.29 is 23.1 Å². The summed E-state index contributed by atoms with van der Waals surface area (Å²) in [6.07, 6.45) is -5.06. The van der Waals surface area contributed by atoms with Crippen LogP contribution in [0, 0.1) is 0 Å². The first-order valence-corrected chi connectivity index (χ1v) is 4.84. The Bertz CT molecular complexity index is 404. The molecule has 0 aliphatic heterocycles. The van der Waals surface area contributed by atoms with Gasteiger partial charge >= 0.3 is 12.1 Å². The molecule has 0 amide bonds. The summed E-state index contributed by atoms with van der Waals surface area (Å²) in [5.41, 5.74) is 1.05. The normalized spacial score (nSPS) is 15.6. The van der Waals surface area contributed by atoms with Gasteiger partial charge in [-0.3, -0.25) is 0 Å². The number of nitrogens with two attached hydrogens (primary N) is 1. The van der Waals surface area contributed by atoms with Crippen molar-refractivity contribution in [3.63, 3.8) is 0 Å². The second-order valence-corrected chi connectivity index (χ2v) is 4.03. The summed E-state index contributed by atoms with van der Waals surface area (Å²) in [7, 11) is 0. The van der Waals surface area contributed by atoms with Gasteiger partial charge in [0.2, 0.25) is 5.54 Å². The van der Waals surface area contributed by atoms with Gasteiger partial charge in [0.25, 0.3) is 0 Å². The molecule has 0 fully saturated rings. The highest BCUT2D eigenvalue weighted by molar-refractivity contribution is 9.10. The van der Waals surface area contributed by atoms with Crippen molar-refractivity contribution in [3.05, 3.63) is 34.3 Å². The first-order valence-electron chi connectivity index (χ1n) is 4.04. The molecule has 3 nitrogen and oxygen atoms in total. The first kappa shape index (κ1) is 13.0. The molecule has 0 unspecified atom stereocenters. The van der Waals surface area contributed by atoms with Crippen LogP contribution in [0.1, 0.15) is 5.56 Å². The van der Waals surface area contributed by atoms with Crippen LogP contribution in [-0.4, -0.2) is 17.3 Å². The summed E-state index contributed by atoms with van der Waals surface area (Å²) in [6.45, 7) is 0. The second kappa shape index (κ2) is 4.06. The van der Waals surface area contributed by atoms with E-state index in [0.29, 0.717) is 4.47 Å². The lowest BCUT2D eigenvalue weighted by molar-refractivity contribution is -0.204. The Morgan fingerprint density at radius 2 is 1.69 bits per heavy atom. The molecule has 16 heavy (non-hydrogen) atoms. The van der Waals surface area contributed by atoms with E-state index in [1.165, 1.54) is 12.1 Å². The summed E-state index contributed by atoms with van der Waals surface area (Å²) in [5.74, 6) is -2.14. The zero-order valence-electron chi connectivity index (χ0n) is 7.75. The van der Waals surface area contributed by atoms with Gasteiger partial charge in [0.05, 0.1) is 0 Å². The minimum absolute atomic E-state index is 0.518. The van der Waals surface area contributed by atoms with E-state index in [0.717, 1.165) is 12.1 Å². The fourth-order valence-electron chi connectivity index (χ4n) is 1.12. The number of rotatable bonds is 2. The highest BCUT2D eigenvalue weighted by Crippen LogP contribution is 2.37. The van der Waals surface area contributed by atoms with E-state index in [-0.39, 0.29) is 0 Å². The number of hydrogen-bond donors (Lipinski definition) is 2. The van der Waals surface area contributed by atoms with Crippen molar-refractivity contribution in [2.24, 2.45) is 5.73 Å². The zero-order valence-corrected chi connectivity index (χ0v) is 9.34. The number of carbonyl (C=O) groups is 1. The molecule has 0 aliphatic carbocycles. The van der Waals surface area contributed by atoms with Crippen molar-refractivity contribution in [1.82, 2.24) is 0 Å². The maximum atomic E-state index is 12.6. The highest BCUT2D eigenvalue weighted by Gasteiger charge is 2.59. The van der Waals surface area contributed by atoms with Crippen LogP contribution in [0.2, 0.25) is 0 Å². The highest BCUT2D eigenvalue weighted by atomic mass is 79.9. The smallest absolute Gasteiger partial charge is 0.421 e. The molecule has 0 bridgehead atoms. The lowest BCUT2D eigenvalue weighted by atomic mass is 9.90. The van der Waals surface area contributed by atoms with E-state index in [2.05, 4.69) is 15.9 Å². The van der Waals surface area contributed by atoms with Gasteiger partial charge in [0.1, 0.15) is 0 Å². The number of halogens is 4. The second-order valence-electron chi connectivity index (χ2n) is 3.12. The number of hydrogen-bond acceptors (Lipinski definition) is 2. The summed E-state index contributed by atoms with van der Waals surface area (Å²) in [4.78, 5) is 10.7. The predicted molar refractivity (Wildman–Crippen MR) is 53.7 cm³/mol. The molecule has 88 valence electrons. The molecule has 0 aliphatic rings. The summed E-state index contributed by atoms with van der Waals surface area (Å²) in [6, 6.07) is 4.63. The molecule has 0 saturated heterocycles. The van der Waals surface area contributed by atoms with Crippen LogP contribution in [0.3, 0.4) is 0 Å². The zero-order chi connectivity index (χ0) is 12.6. The van der Waals surface area contributed by atoms with Crippen LogP contribution < -0.4 is 5.73 Å². The molecule has 7 heteroatoms. The van der Waals surface area contributed by atoms with Crippen molar-refractivity contribution in [2.45, 2.75) is 11.7 Å². The van der Waals surface area contributed by atoms with E-state index in [1.807, 2.05) is 0 Å². The van der Waals surface area contributed by atoms with Crippen LogP contribution >= 0.6 is 15.9 Å². The van der Waals surface area contributed by atoms with E-state index in [9.17, 15) is 18.0 Å². The van der Waals surface area contributed by atoms with Gasteiger partial charge in [0, 0.05) is 4.47 Å². The number of carboxylic acids is 1. The van der Waals surface area contributed by atoms with Crippen molar-refractivity contribution in [1.29, 1.82) is 0 Å². The van der Waals surface area contributed by atoms with Crippen LogP contribution in [0.25, 0.3) is 0 Å². The molecule has 0 aromatic heterocycles. The fraction of sp³-hybridized carbons (Fsp3) is 0.222. The molecule has 0 saturated carbocycles. The molecule has 0 spiro atoms. The summed E-state index contributed by atoms with van der Waals surface area (Å²) < 4.78 is 38.4. The Balaban J connectivity index is 3.34. The van der Waals surface area contributed by atoms with Gasteiger partial charge in [0.15, 0.2) is 0 Å². The Morgan fingerprint density at radius 3 is 2.00 bits per heavy atom. The molecule has 1 rings (SSSR count). The molecule has 1 atom stereocenters. The summed E-state index contributed by atoms with van der Waals surface area (Å²) >= 11 is 3.03. The third-order valence-electron chi connectivity index (χ3n) is 2.08. The van der Waals surface area contributed by atoms with Crippen molar-refractivity contribution in [3.8, 4) is 0 Å². The average Bonchev–Trinajstić information content (AvgIpc) is 2.15. The Labute approximate surface area is 97.2 Å². The average molecular weight is 298 g/mol. The quantitative estimate of drug-likeness (QED) is 0.880. The Morgan fingerprint density at radius 1 is 1.25 bits per heavy atom. The first-order chi connectivity index (χ1) is 7.19. The SMILES string of the molecule is N[C@@](C(=O)O)(c1ccc(Br)cc1)C(F)(F)F. The monoisotopic (exact) mass is 297 g/mol. The van der Waals surface area contributed by atoms with Crippen molar-refractivity contribution >= 4 is 21.9 Å². The van der Waals surface area contributed by atoms with Gasteiger partial charge in [-0.1, -0.05) is 28.1 Å². The predicted octanol–water partition coefficient (Wildman–Crippen LogP) is 2.25. The lowest BCUT2D eigenvalue weighted by Gasteiger charge is -2.27. The molecule has 1 aromatic rings. The Kier molecular flexibility index (Phi) is 3.30. The number of benzene rings is 1. The molecule has 0 radical (unpaired) electrons. The van der Waals surface area contributed by atoms with Crippen molar-refractivity contribution in [2.75, 3.05) is 0 Å². The molecule has 0 heterocycles. The third kappa shape index (κ3) is 2.05. The topological polar surface area (TPSA) is 63.3 Å². The van der Waals surface area contributed by atoms with E-state index >= 15 is 0 Å². The van der Waals surface area contributed by atoms with Gasteiger partial charge in [-0.25, -0.2) is 4.79 Å². The van der Waals surface area contributed by atoms with Crippen LogP contribution in [0.5, 0.6) is 0 Å². The standard InChI is InChI=1S/C9H7BrF3NO2/c10-6-3-1-5(2-4-6)8(14,7(15)16)9(11,12)13/h1-4H,14H2,(H,15,16)/t8-/m1/s1. The minimum atomic E-state index is -5.06. The maximum Gasteiger partial charge on any atom is 0.421 e. The number of carboxylic acid groups (broad SMARTS) is 1. The largest absolute Gasteiger partial charge is 0.479 e. The van der Waals surface area contributed by atoms with Gasteiger partial charge in [-0.05, 0) is 17.7 Å². The van der Waals surface area contributed by atoms with Gasteiger partial charge in [-0.15, -0.1) is 0 Å². The van der Waals surface area contributed by atoms with Crippen LogP contribution in [0.4, 0.5) is 13.2 Å². The molecule has 1 aromatic carbocycles. The molecular formula is C9H7BrF3NO2. The fourth-order valence-corrected chi connectivity index (χ4v) is 1.39. The molecular weight excluding hydrogens is 291 g/mol. The van der Waals surface area contributed by atoms with E-state index in [4.69, 9.17) is 10.8 Å². The van der Waals surface area contributed by atoms with Crippen LogP contribution in [0.15, 0.2) is 28.7 Å². The van der Waals surface area contributed by atoms with E-state index < -0.39 is 23.2 Å². The minimum Gasteiger partial charge on any atom is -0.479 e. The lowest BCUT2D eigenvalue weighted by Crippen LogP contribution is -2.56. The number of alkyl halides is 3. The Hall–Kier alpha value is -1.08. The number of aliphatic carboxylic acids is 1. The summed E-state index contributed by atoms with van der Waals surface area (Å²) in [5, 5.41) is 8.63. The maximum absolute atomic E-state index is 12.6. The van der Waals surface area contributed by atoms with Gasteiger partial charge < -0.3 is 10.8 Å². The molecule has 3 N–H and O–H groups in total. The van der Waals surface area contributed by atoms with Gasteiger partial charge in [-0.2, -0.15) is 13.2 Å². The third-order valence-corrected chi connectivity index (χ3v) is 2.61.